The number of aliphatic hydroxyl groups is 1. The topological polar surface area (TPSA) is 43.8 Å². The second kappa shape index (κ2) is 6.65. The van der Waals surface area contributed by atoms with Crippen LogP contribution in [0.25, 0.3) is 0 Å². The minimum atomic E-state index is -0.942. The molecule has 6 heteroatoms. The number of carbonyl (C=O) groups excluding carboxylic acids is 1. The quantitative estimate of drug-likeness (QED) is 0.905. The molecule has 1 atom stereocenters. The van der Waals surface area contributed by atoms with Crippen molar-refractivity contribution in [3.63, 3.8) is 0 Å². The van der Waals surface area contributed by atoms with E-state index in [1.165, 1.54) is 13.0 Å². The fourth-order valence-electron chi connectivity index (χ4n) is 2.29. The van der Waals surface area contributed by atoms with Crippen molar-refractivity contribution in [2.24, 2.45) is 0 Å². The monoisotopic (exact) mass is 344 g/mol. The lowest BCUT2D eigenvalue weighted by Gasteiger charge is -2.35. The maximum absolute atomic E-state index is 13.4. The van der Waals surface area contributed by atoms with Gasteiger partial charge in [0.05, 0.1) is 4.47 Å². The second-order valence-corrected chi connectivity index (χ2v) is 5.88. The van der Waals surface area contributed by atoms with E-state index in [4.69, 9.17) is 0 Å². The highest BCUT2D eigenvalue weighted by Gasteiger charge is 2.23. The Morgan fingerprint density at radius 2 is 2.05 bits per heavy atom. The maximum Gasteiger partial charge on any atom is 0.251 e. The van der Waals surface area contributed by atoms with E-state index in [9.17, 15) is 14.3 Å². The van der Waals surface area contributed by atoms with E-state index in [-0.39, 0.29) is 11.7 Å². The van der Waals surface area contributed by atoms with Gasteiger partial charge < -0.3 is 10.0 Å². The number of benzene rings is 1. The summed E-state index contributed by atoms with van der Waals surface area (Å²) < 4.78 is 13.9. The molecule has 1 saturated heterocycles. The molecule has 110 valence electrons. The largest absolute Gasteiger partial charge is 0.384 e. The van der Waals surface area contributed by atoms with Crippen LogP contribution >= 0.6 is 15.9 Å². The summed E-state index contributed by atoms with van der Waals surface area (Å²) in [5, 5.41) is 9.28. The Kier molecular flexibility index (Phi) is 5.12. The van der Waals surface area contributed by atoms with E-state index in [0.29, 0.717) is 24.1 Å². The number of aliphatic hydroxyl groups excluding tert-OH is 1. The lowest BCUT2D eigenvalue weighted by molar-refractivity contribution is -0.141. The predicted molar refractivity (Wildman–Crippen MR) is 77.6 cm³/mol. The summed E-state index contributed by atoms with van der Waals surface area (Å²) >= 11 is 3.14. The van der Waals surface area contributed by atoms with Crippen LogP contribution in [0.5, 0.6) is 0 Å². The molecule has 1 fully saturated rings. The Bertz CT molecular complexity index is 488. The number of hydrogen-bond donors (Lipinski definition) is 1. The Balaban J connectivity index is 1.88. The average Bonchev–Trinajstić information content (AvgIpc) is 2.43. The zero-order valence-corrected chi connectivity index (χ0v) is 12.9. The van der Waals surface area contributed by atoms with Crippen molar-refractivity contribution in [2.75, 3.05) is 26.2 Å². The molecule has 1 amide bonds. The Morgan fingerprint density at radius 3 is 2.60 bits per heavy atom. The maximum atomic E-state index is 13.4. The Hall–Kier alpha value is -0.980. The van der Waals surface area contributed by atoms with Crippen molar-refractivity contribution in [2.45, 2.75) is 19.6 Å². The molecule has 0 saturated carbocycles. The molecule has 0 spiro atoms. The first-order chi connectivity index (χ1) is 9.47. The number of rotatable bonds is 3. The van der Waals surface area contributed by atoms with E-state index in [2.05, 4.69) is 20.8 Å². The first-order valence-corrected chi connectivity index (χ1v) is 7.40. The summed E-state index contributed by atoms with van der Waals surface area (Å²) in [6, 6.07) is 5.12. The first-order valence-electron chi connectivity index (χ1n) is 6.60. The second-order valence-electron chi connectivity index (χ2n) is 5.03. The van der Waals surface area contributed by atoms with Gasteiger partial charge in [0, 0.05) is 32.7 Å². The van der Waals surface area contributed by atoms with E-state index in [1.807, 2.05) is 6.07 Å². The number of amides is 1. The number of hydrogen-bond acceptors (Lipinski definition) is 3. The molecule has 4 nitrogen and oxygen atoms in total. The van der Waals surface area contributed by atoms with Gasteiger partial charge in [0.2, 0.25) is 0 Å². The molecule has 1 N–H and O–H groups in total. The number of halogens is 2. The van der Waals surface area contributed by atoms with Crippen molar-refractivity contribution in [1.82, 2.24) is 9.80 Å². The molecule has 2 rings (SSSR count). The molecule has 20 heavy (non-hydrogen) atoms. The van der Waals surface area contributed by atoms with Crippen LogP contribution in [0.15, 0.2) is 22.7 Å². The zero-order valence-electron chi connectivity index (χ0n) is 11.4. The SMILES string of the molecule is CC(O)C(=O)N1CCN(Cc2ccc(Br)c(F)c2)CC1. The fraction of sp³-hybridized carbons (Fsp3) is 0.500. The molecule has 1 heterocycles. The molecule has 0 aliphatic carbocycles. The molecular formula is C14H18BrFN2O2. The van der Waals surface area contributed by atoms with Crippen LogP contribution in [0, 0.1) is 5.82 Å². The summed E-state index contributed by atoms with van der Waals surface area (Å²) in [6.45, 7) is 4.82. The minimum absolute atomic E-state index is 0.223. The Labute approximate surface area is 126 Å². The van der Waals surface area contributed by atoms with Gasteiger partial charge in [-0.25, -0.2) is 4.39 Å². The molecule has 0 radical (unpaired) electrons. The summed E-state index contributed by atoms with van der Waals surface area (Å²) in [6.07, 6.45) is -0.942. The van der Waals surface area contributed by atoms with Gasteiger partial charge in [-0.3, -0.25) is 9.69 Å². The standard InChI is InChI=1S/C14H18BrFN2O2/c1-10(19)14(20)18-6-4-17(5-7-18)9-11-2-3-12(15)13(16)8-11/h2-3,8,10,19H,4-7,9H2,1H3. The van der Waals surface area contributed by atoms with Crippen LogP contribution in [0.4, 0.5) is 4.39 Å². The number of piperazine rings is 1. The lowest BCUT2D eigenvalue weighted by atomic mass is 10.2. The molecule has 1 aromatic carbocycles. The normalized spacial score (nSPS) is 18.1. The zero-order chi connectivity index (χ0) is 14.7. The summed E-state index contributed by atoms with van der Waals surface area (Å²) in [5.74, 6) is -0.482. The van der Waals surface area contributed by atoms with Crippen LogP contribution in [-0.2, 0) is 11.3 Å². The third kappa shape index (κ3) is 3.77. The van der Waals surface area contributed by atoms with Gasteiger partial charge in [0.1, 0.15) is 11.9 Å². The molecule has 1 aromatic rings. The first kappa shape index (κ1) is 15.4. The van der Waals surface area contributed by atoms with E-state index in [0.717, 1.165) is 18.7 Å². The highest BCUT2D eigenvalue weighted by Crippen LogP contribution is 2.18. The van der Waals surface area contributed by atoms with Gasteiger partial charge in [-0.2, -0.15) is 0 Å². The third-order valence-electron chi connectivity index (χ3n) is 3.43. The van der Waals surface area contributed by atoms with Gasteiger partial charge in [0.15, 0.2) is 0 Å². The van der Waals surface area contributed by atoms with E-state index < -0.39 is 6.10 Å². The smallest absolute Gasteiger partial charge is 0.251 e. The molecule has 0 aromatic heterocycles. The minimum Gasteiger partial charge on any atom is -0.384 e. The third-order valence-corrected chi connectivity index (χ3v) is 4.07. The predicted octanol–water partition coefficient (Wildman–Crippen LogP) is 1.61. The van der Waals surface area contributed by atoms with E-state index >= 15 is 0 Å². The number of nitrogens with zero attached hydrogens (tertiary/aromatic N) is 2. The molecule has 1 aliphatic heterocycles. The molecule has 0 bridgehead atoms. The number of carbonyl (C=O) groups is 1. The van der Waals surface area contributed by atoms with Crippen molar-refractivity contribution in [3.05, 3.63) is 34.1 Å². The van der Waals surface area contributed by atoms with Crippen molar-refractivity contribution >= 4 is 21.8 Å². The van der Waals surface area contributed by atoms with E-state index in [1.54, 1.807) is 11.0 Å². The van der Waals surface area contributed by atoms with Crippen LogP contribution in [0.1, 0.15) is 12.5 Å². The van der Waals surface area contributed by atoms with Gasteiger partial charge in [0.25, 0.3) is 5.91 Å². The van der Waals surface area contributed by atoms with Crippen LogP contribution < -0.4 is 0 Å². The summed E-state index contributed by atoms with van der Waals surface area (Å²) in [7, 11) is 0. The van der Waals surface area contributed by atoms with Crippen molar-refractivity contribution in [3.8, 4) is 0 Å². The van der Waals surface area contributed by atoms with Crippen molar-refractivity contribution < 1.29 is 14.3 Å². The van der Waals surface area contributed by atoms with Crippen LogP contribution in [-0.4, -0.2) is 53.1 Å². The highest BCUT2D eigenvalue weighted by atomic mass is 79.9. The summed E-state index contributed by atoms with van der Waals surface area (Å²) in [5.41, 5.74) is 0.918. The molecule has 1 aliphatic rings. The Morgan fingerprint density at radius 1 is 1.40 bits per heavy atom. The van der Waals surface area contributed by atoms with Gasteiger partial charge >= 0.3 is 0 Å². The van der Waals surface area contributed by atoms with Crippen LogP contribution in [0.2, 0.25) is 0 Å². The average molecular weight is 345 g/mol. The fourth-order valence-corrected chi connectivity index (χ4v) is 2.53. The molecular weight excluding hydrogens is 327 g/mol. The van der Waals surface area contributed by atoms with Gasteiger partial charge in [-0.05, 0) is 40.5 Å². The van der Waals surface area contributed by atoms with Gasteiger partial charge in [-0.15, -0.1) is 0 Å². The summed E-state index contributed by atoms with van der Waals surface area (Å²) in [4.78, 5) is 15.5. The molecule has 1 unspecified atom stereocenters. The highest BCUT2D eigenvalue weighted by molar-refractivity contribution is 9.10. The van der Waals surface area contributed by atoms with Gasteiger partial charge in [-0.1, -0.05) is 6.07 Å². The lowest BCUT2D eigenvalue weighted by Crippen LogP contribution is -2.50. The van der Waals surface area contributed by atoms with Crippen molar-refractivity contribution in [1.29, 1.82) is 0 Å². The van der Waals surface area contributed by atoms with Crippen LogP contribution in [0.3, 0.4) is 0 Å².